The maximum Gasteiger partial charge on any atom is 0.225 e. The predicted molar refractivity (Wildman–Crippen MR) is 114 cm³/mol. The molecule has 5 heterocycles. The molecule has 2 saturated heterocycles. The van der Waals surface area contributed by atoms with Gasteiger partial charge in [-0.1, -0.05) is 5.16 Å². The largest absolute Gasteiger partial charge is 0.494 e. The lowest BCUT2D eigenvalue weighted by atomic mass is 9.90. The minimum atomic E-state index is 0.344. The Morgan fingerprint density at radius 1 is 1.06 bits per heavy atom. The number of hydrogen-bond donors (Lipinski definition) is 0. The van der Waals surface area contributed by atoms with Gasteiger partial charge in [-0.2, -0.15) is 0 Å². The molecule has 3 aliphatic rings. The van der Waals surface area contributed by atoms with Crippen LogP contribution in [0.4, 0.5) is 5.95 Å². The zero-order valence-electron chi connectivity index (χ0n) is 18.0. The average molecular weight is 428 g/mol. The first-order valence-corrected chi connectivity index (χ1v) is 11.1. The lowest BCUT2D eigenvalue weighted by Crippen LogP contribution is -2.38. The van der Waals surface area contributed by atoms with Gasteiger partial charge in [-0.25, -0.2) is 9.97 Å². The van der Waals surface area contributed by atoms with Crippen LogP contribution < -0.4 is 4.90 Å². The van der Waals surface area contributed by atoms with Crippen molar-refractivity contribution in [2.24, 2.45) is 0 Å². The fraction of sp³-hybridized carbons (Fsp3) is 0.591. The number of nitrogens with zero attached hydrogens (tertiary/aromatic N) is 5. The molecule has 9 heteroatoms. The van der Waals surface area contributed by atoms with Gasteiger partial charge in [-0.05, 0) is 32.9 Å². The van der Waals surface area contributed by atoms with E-state index >= 15 is 0 Å². The first-order chi connectivity index (χ1) is 15.3. The highest BCUT2D eigenvalue weighted by molar-refractivity contribution is 5.61. The van der Waals surface area contributed by atoms with Crippen LogP contribution in [0.3, 0.4) is 0 Å². The molecule has 0 bridgehead atoms. The van der Waals surface area contributed by atoms with Crippen molar-refractivity contribution in [3.63, 3.8) is 0 Å². The quantitative estimate of drug-likeness (QED) is 0.714. The summed E-state index contributed by atoms with van der Waals surface area (Å²) in [6.45, 7) is 9.01. The summed E-state index contributed by atoms with van der Waals surface area (Å²) in [6, 6.07) is 1.96. The van der Waals surface area contributed by atoms with E-state index in [0.29, 0.717) is 32.3 Å². The van der Waals surface area contributed by atoms with Crippen LogP contribution in [0.25, 0.3) is 11.3 Å². The number of piperidine rings is 1. The van der Waals surface area contributed by atoms with E-state index < -0.39 is 0 Å². The van der Waals surface area contributed by atoms with Crippen molar-refractivity contribution < 1.29 is 18.7 Å². The first-order valence-electron chi connectivity index (χ1n) is 11.1. The number of likely N-dealkylation sites (tertiary alicyclic amines) is 1. The SMILES string of the molecule is Cc1cc(-c2cnc(N3CCOCC3)nc2C2CCN(CC3=COCCO3)CC2)on1. The number of hydrogen-bond acceptors (Lipinski definition) is 9. The van der Waals surface area contributed by atoms with Gasteiger partial charge in [-0.3, -0.25) is 4.90 Å². The monoisotopic (exact) mass is 427 g/mol. The van der Waals surface area contributed by atoms with Crippen molar-refractivity contribution in [3.8, 4) is 11.3 Å². The van der Waals surface area contributed by atoms with E-state index in [4.69, 9.17) is 23.7 Å². The highest BCUT2D eigenvalue weighted by atomic mass is 16.6. The van der Waals surface area contributed by atoms with Crippen LogP contribution in [0, 0.1) is 6.92 Å². The summed E-state index contributed by atoms with van der Waals surface area (Å²) in [7, 11) is 0. The van der Waals surface area contributed by atoms with Crippen molar-refractivity contribution >= 4 is 5.95 Å². The number of rotatable bonds is 5. The van der Waals surface area contributed by atoms with E-state index in [9.17, 15) is 0 Å². The maximum absolute atomic E-state index is 5.69. The second kappa shape index (κ2) is 9.23. The van der Waals surface area contributed by atoms with E-state index in [0.717, 1.165) is 80.0 Å². The van der Waals surface area contributed by atoms with Crippen molar-refractivity contribution in [1.82, 2.24) is 20.0 Å². The molecule has 0 N–H and O–H groups in total. The molecular weight excluding hydrogens is 398 g/mol. The third-order valence-electron chi connectivity index (χ3n) is 6.05. The highest BCUT2D eigenvalue weighted by Gasteiger charge is 2.28. The van der Waals surface area contributed by atoms with E-state index in [1.165, 1.54) is 0 Å². The van der Waals surface area contributed by atoms with Crippen LogP contribution in [-0.2, 0) is 14.2 Å². The van der Waals surface area contributed by atoms with Gasteiger partial charge in [0.05, 0.1) is 36.7 Å². The standard InChI is InChI=1S/C22H29N5O4/c1-16-12-20(31-25-16)19-13-23-22(27-6-8-28-9-7-27)24-21(19)17-2-4-26(5-3-17)14-18-15-29-10-11-30-18/h12-13,15,17H,2-11,14H2,1H3. The summed E-state index contributed by atoms with van der Waals surface area (Å²) < 4.78 is 22.1. The fourth-order valence-corrected chi connectivity index (χ4v) is 4.37. The van der Waals surface area contributed by atoms with Gasteiger partial charge >= 0.3 is 0 Å². The molecule has 2 aromatic rings. The Kier molecular flexibility index (Phi) is 6.04. The molecule has 3 aliphatic heterocycles. The summed E-state index contributed by atoms with van der Waals surface area (Å²) in [4.78, 5) is 14.3. The van der Waals surface area contributed by atoms with E-state index in [-0.39, 0.29) is 0 Å². The summed E-state index contributed by atoms with van der Waals surface area (Å²) in [5, 5.41) is 4.07. The zero-order valence-corrected chi connectivity index (χ0v) is 18.0. The Morgan fingerprint density at radius 2 is 1.90 bits per heavy atom. The van der Waals surface area contributed by atoms with Gasteiger partial charge in [0.2, 0.25) is 5.95 Å². The van der Waals surface area contributed by atoms with Crippen LogP contribution in [0.5, 0.6) is 0 Å². The molecule has 0 amide bonds. The van der Waals surface area contributed by atoms with Crippen LogP contribution in [-0.4, -0.2) is 79.2 Å². The molecule has 0 aromatic carbocycles. The Balaban J connectivity index is 1.35. The number of morpholine rings is 1. The van der Waals surface area contributed by atoms with Gasteiger partial charge < -0.3 is 23.6 Å². The first kappa shape index (κ1) is 20.3. The van der Waals surface area contributed by atoms with E-state index in [1.54, 1.807) is 6.26 Å². The third kappa shape index (κ3) is 4.67. The number of anilines is 1. The molecule has 2 fully saturated rings. The van der Waals surface area contributed by atoms with Crippen LogP contribution in [0.1, 0.15) is 30.1 Å². The molecule has 166 valence electrons. The smallest absolute Gasteiger partial charge is 0.225 e. The van der Waals surface area contributed by atoms with Crippen LogP contribution >= 0.6 is 0 Å². The topological polar surface area (TPSA) is 86.0 Å². The molecule has 0 saturated carbocycles. The van der Waals surface area contributed by atoms with Crippen molar-refractivity contribution in [2.75, 3.05) is 64.1 Å². The Morgan fingerprint density at radius 3 is 2.61 bits per heavy atom. The van der Waals surface area contributed by atoms with Crippen molar-refractivity contribution in [1.29, 1.82) is 0 Å². The molecule has 0 aliphatic carbocycles. The minimum absolute atomic E-state index is 0.344. The van der Waals surface area contributed by atoms with E-state index in [2.05, 4.69) is 19.9 Å². The van der Waals surface area contributed by atoms with Gasteiger partial charge in [0.15, 0.2) is 5.76 Å². The summed E-state index contributed by atoms with van der Waals surface area (Å²) in [5.41, 5.74) is 2.86. The number of aryl methyl sites for hydroxylation is 1. The maximum atomic E-state index is 5.69. The number of aromatic nitrogens is 3. The Labute approximate surface area is 182 Å². The molecular formula is C22H29N5O4. The van der Waals surface area contributed by atoms with Crippen LogP contribution in [0.2, 0.25) is 0 Å². The number of ether oxygens (including phenoxy) is 3. The molecule has 5 rings (SSSR count). The lowest BCUT2D eigenvalue weighted by Gasteiger charge is -2.33. The molecule has 31 heavy (non-hydrogen) atoms. The molecule has 0 unspecified atom stereocenters. The average Bonchev–Trinajstić information content (AvgIpc) is 3.26. The van der Waals surface area contributed by atoms with Crippen molar-refractivity contribution in [3.05, 3.63) is 35.7 Å². The van der Waals surface area contributed by atoms with E-state index in [1.807, 2.05) is 19.2 Å². The Hall–Kier alpha value is -2.65. The predicted octanol–water partition coefficient (Wildman–Crippen LogP) is 2.34. The van der Waals surface area contributed by atoms with Crippen LogP contribution in [0.15, 0.2) is 28.8 Å². The fourth-order valence-electron chi connectivity index (χ4n) is 4.37. The third-order valence-corrected chi connectivity index (χ3v) is 6.05. The second-order valence-electron chi connectivity index (χ2n) is 8.25. The van der Waals surface area contributed by atoms with Gasteiger partial charge in [0.1, 0.15) is 25.2 Å². The molecule has 0 spiro atoms. The lowest BCUT2D eigenvalue weighted by molar-refractivity contribution is 0.0658. The minimum Gasteiger partial charge on any atom is -0.494 e. The second-order valence-corrected chi connectivity index (χ2v) is 8.25. The van der Waals surface area contributed by atoms with Gasteiger partial charge in [0.25, 0.3) is 0 Å². The summed E-state index contributed by atoms with van der Waals surface area (Å²) >= 11 is 0. The van der Waals surface area contributed by atoms with Crippen molar-refractivity contribution in [2.45, 2.75) is 25.7 Å². The van der Waals surface area contributed by atoms with Gasteiger partial charge in [0, 0.05) is 31.3 Å². The molecule has 9 nitrogen and oxygen atoms in total. The summed E-state index contributed by atoms with van der Waals surface area (Å²) in [5.74, 6) is 2.77. The summed E-state index contributed by atoms with van der Waals surface area (Å²) in [6.07, 6.45) is 5.69. The zero-order chi connectivity index (χ0) is 21.0. The highest BCUT2D eigenvalue weighted by Crippen LogP contribution is 2.35. The van der Waals surface area contributed by atoms with Gasteiger partial charge in [-0.15, -0.1) is 0 Å². The molecule has 0 radical (unpaired) electrons. The normalized spacial score (nSPS) is 20.8. The molecule has 0 atom stereocenters. The Bertz CT molecular complexity index is 916. The molecule has 2 aromatic heterocycles.